The van der Waals surface area contributed by atoms with Crippen LogP contribution in [0.3, 0.4) is 0 Å². The summed E-state index contributed by atoms with van der Waals surface area (Å²) in [6.07, 6.45) is 6.11. The van der Waals surface area contributed by atoms with Gasteiger partial charge in [-0.25, -0.2) is 0 Å². The zero-order valence-electron chi connectivity index (χ0n) is 19.2. The van der Waals surface area contributed by atoms with Crippen molar-refractivity contribution in [3.8, 4) is 0 Å². The summed E-state index contributed by atoms with van der Waals surface area (Å²) >= 11 is 0. The molecule has 1 fully saturated rings. The predicted octanol–water partition coefficient (Wildman–Crippen LogP) is 1.90. The average molecular weight is 449 g/mol. The first-order chi connectivity index (χ1) is 16.1. The van der Waals surface area contributed by atoms with Gasteiger partial charge < -0.3 is 30.8 Å². The van der Waals surface area contributed by atoms with Crippen molar-refractivity contribution in [1.29, 1.82) is 0 Å². The van der Waals surface area contributed by atoms with Gasteiger partial charge in [0.1, 0.15) is 11.8 Å². The molecule has 5 rings (SSSR count). The van der Waals surface area contributed by atoms with Crippen LogP contribution in [0.4, 0.5) is 0 Å². The van der Waals surface area contributed by atoms with E-state index in [4.69, 9.17) is 10.6 Å². The van der Waals surface area contributed by atoms with Gasteiger partial charge in [0, 0.05) is 68.5 Å². The third-order valence-electron chi connectivity index (χ3n) is 6.91. The van der Waals surface area contributed by atoms with Gasteiger partial charge in [-0.15, -0.1) is 0 Å². The van der Waals surface area contributed by atoms with Gasteiger partial charge in [-0.05, 0) is 24.3 Å². The van der Waals surface area contributed by atoms with Crippen LogP contribution in [0.5, 0.6) is 0 Å². The van der Waals surface area contributed by atoms with Crippen molar-refractivity contribution in [2.45, 2.75) is 19.1 Å². The highest BCUT2D eigenvalue weighted by Crippen LogP contribution is 2.52. The zero-order valence-corrected chi connectivity index (χ0v) is 19.2. The van der Waals surface area contributed by atoms with E-state index in [1.165, 1.54) is 6.20 Å². The first kappa shape index (κ1) is 21.7. The number of oxime groups is 1. The van der Waals surface area contributed by atoms with Crippen molar-refractivity contribution in [3.05, 3.63) is 70.8 Å². The molecule has 0 bridgehead atoms. The standard InChI is InChI=1S/C25H32N6O2/c1-16(14-27-8-7-26)15-28-19-13-20(31-11-9-30(2)10-12-31)23-22-21(19)24(32)17-5-3-4-6-18(17)25(22)33-29-23/h3-8,13-14,16,22,24-25,28,32H,9-12,15,26H2,1-2H3/b8-7-,27-14?. The second kappa shape index (κ2) is 9.03. The van der Waals surface area contributed by atoms with Crippen LogP contribution in [0, 0.1) is 11.8 Å². The average Bonchev–Trinajstić information content (AvgIpc) is 3.27. The normalized spacial score (nSPS) is 27.8. The molecule has 4 unspecified atom stereocenters. The van der Waals surface area contributed by atoms with E-state index < -0.39 is 6.10 Å². The van der Waals surface area contributed by atoms with E-state index in [9.17, 15) is 5.11 Å². The van der Waals surface area contributed by atoms with Crippen LogP contribution >= 0.6 is 0 Å². The summed E-state index contributed by atoms with van der Waals surface area (Å²) < 4.78 is 0. The molecular formula is C25H32N6O2. The number of hydrogen-bond donors (Lipinski definition) is 3. The first-order valence-corrected chi connectivity index (χ1v) is 11.6. The molecule has 4 N–H and O–H groups in total. The SMILES string of the molecule is CC(C=N/C=C\N)CNC1=C2C(O)c3ccccc3C3ON=C(C(N4CCN(C)CC4)=C1)C23. The smallest absolute Gasteiger partial charge is 0.165 e. The van der Waals surface area contributed by atoms with E-state index in [0.717, 1.165) is 60.0 Å². The molecule has 2 aliphatic heterocycles. The number of hydrogen-bond acceptors (Lipinski definition) is 8. The third-order valence-corrected chi connectivity index (χ3v) is 6.91. The number of piperazine rings is 1. The molecule has 8 heteroatoms. The number of nitrogens with one attached hydrogen (secondary N) is 1. The van der Waals surface area contributed by atoms with Gasteiger partial charge in [0.2, 0.25) is 0 Å². The van der Waals surface area contributed by atoms with Crippen LogP contribution in [0.1, 0.15) is 30.3 Å². The summed E-state index contributed by atoms with van der Waals surface area (Å²) in [6, 6.07) is 7.99. The maximum Gasteiger partial charge on any atom is 0.165 e. The van der Waals surface area contributed by atoms with Crippen molar-refractivity contribution in [2.75, 3.05) is 39.8 Å². The molecule has 2 heterocycles. The summed E-state index contributed by atoms with van der Waals surface area (Å²) in [5.74, 6) is 0.0923. The lowest BCUT2D eigenvalue weighted by Crippen LogP contribution is -2.47. The Bertz CT molecular complexity index is 1050. The largest absolute Gasteiger partial charge is 0.403 e. The van der Waals surface area contributed by atoms with Crippen molar-refractivity contribution in [1.82, 2.24) is 15.1 Å². The minimum Gasteiger partial charge on any atom is -0.403 e. The van der Waals surface area contributed by atoms with Gasteiger partial charge >= 0.3 is 0 Å². The maximum atomic E-state index is 11.5. The van der Waals surface area contributed by atoms with Crippen LogP contribution in [0.2, 0.25) is 0 Å². The molecule has 4 aliphatic rings. The highest BCUT2D eigenvalue weighted by atomic mass is 16.6. The Morgan fingerprint density at radius 3 is 2.79 bits per heavy atom. The van der Waals surface area contributed by atoms with Crippen molar-refractivity contribution in [2.24, 2.45) is 27.7 Å². The van der Waals surface area contributed by atoms with Crippen LogP contribution in [0.15, 0.2) is 69.9 Å². The Hall–Kier alpha value is -3.10. The Morgan fingerprint density at radius 1 is 1.27 bits per heavy atom. The first-order valence-electron chi connectivity index (χ1n) is 11.6. The molecule has 0 radical (unpaired) electrons. The molecule has 174 valence electrons. The van der Waals surface area contributed by atoms with Crippen LogP contribution < -0.4 is 11.1 Å². The van der Waals surface area contributed by atoms with Gasteiger partial charge in [0.05, 0.1) is 11.6 Å². The number of aliphatic hydroxyl groups is 1. The molecule has 33 heavy (non-hydrogen) atoms. The van der Waals surface area contributed by atoms with Crippen molar-refractivity contribution in [3.63, 3.8) is 0 Å². The van der Waals surface area contributed by atoms with Crippen molar-refractivity contribution >= 4 is 11.9 Å². The lowest BCUT2D eigenvalue weighted by Gasteiger charge is -2.41. The van der Waals surface area contributed by atoms with E-state index >= 15 is 0 Å². The second-order valence-electron chi connectivity index (χ2n) is 9.20. The molecule has 1 aromatic carbocycles. The molecule has 1 aromatic rings. The van der Waals surface area contributed by atoms with E-state index in [1.807, 2.05) is 30.5 Å². The molecule has 4 atom stereocenters. The summed E-state index contributed by atoms with van der Waals surface area (Å²) in [5, 5.41) is 19.6. The highest BCUT2D eigenvalue weighted by molar-refractivity contribution is 6.06. The molecule has 2 aliphatic carbocycles. The lowest BCUT2D eigenvalue weighted by atomic mass is 9.70. The molecular weight excluding hydrogens is 416 g/mol. The minimum atomic E-state index is -0.703. The van der Waals surface area contributed by atoms with Crippen LogP contribution in [0.25, 0.3) is 0 Å². The second-order valence-corrected chi connectivity index (χ2v) is 9.20. The summed E-state index contributed by atoms with van der Waals surface area (Å²) in [6.45, 7) is 6.68. The Balaban J connectivity index is 1.52. The van der Waals surface area contributed by atoms with Crippen molar-refractivity contribution < 1.29 is 9.94 Å². The number of nitrogens with two attached hydrogens (primary N) is 1. The van der Waals surface area contributed by atoms with Gasteiger partial charge in [0.15, 0.2) is 6.10 Å². The van der Waals surface area contributed by atoms with Gasteiger partial charge in [-0.3, -0.25) is 4.99 Å². The number of allylic oxidation sites excluding steroid dienone is 2. The summed E-state index contributed by atoms with van der Waals surface area (Å²) in [5.41, 5.74) is 11.2. The Kier molecular flexibility index (Phi) is 5.95. The molecule has 0 saturated carbocycles. The summed E-state index contributed by atoms with van der Waals surface area (Å²) in [4.78, 5) is 15.0. The van der Waals surface area contributed by atoms with E-state index in [1.54, 1.807) is 6.20 Å². The zero-order chi connectivity index (χ0) is 22.9. The molecule has 0 aromatic heterocycles. The quantitative estimate of drug-likeness (QED) is 0.575. The molecule has 0 spiro atoms. The van der Waals surface area contributed by atoms with E-state index in [0.29, 0.717) is 6.54 Å². The fourth-order valence-corrected chi connectivity index (χ4v) is 5.12. The fourth-order valence-electron chi connectivity index (χ4n) is 5.12. The Morgan fingerprint density at radius 2 is 2.03 bits per heavy atom. The number of fused-ring (bicyclic) bond motifs is 2. The monoisotopic (exact) mass is 448 g/mol. The van der Waals surface area contributed by atoms with Crippen LogP contribution in [-0.2, 0) is 4.84 Å². The fraction of sp³-hybridized carbons (Fsp3) is 0.440. The number of nitrogens with zero attached hydrogens (tertiary/aromatic N) is 4. The van der Waals surface area contributed by atoms with E-state index in [2.05, 4.69) is 45.3 Å². The molecule has 1 saturated heterocycles. The predicted molar refractivity (Wildman–Crippen MR) is 129 cm³/mol. The number of benzene rings is 1. The maximum absolute atomic E-state index is 11.5. The Labute approximate surface area is 194 Å². The number of aliphatic imine (C=N–C) groups is 1. The highest BCUT2D eigenvalue weighted by Gasteiger charge is 2.50. The molecule has 0 amide bonds. The summed E-state index contributed by atoms with van der Waals surface area (Å²) in [7, 11) is 2.15. The minimum absolute atomic E-state index is 0.0961. The third kappa shape index (κ3) is 3.94. The van der Waals surface area contributed by atoms with E-state index in [-0.39, 0.29) is 17.9 Å². The number of likely N-dealkylation sites (N-methyl/N-ethyl adjacent to an activating group) is 1. The topological polar surface area (TPSA) is 98.7 Å². The number of aliphatic hydroxyl groups excluding tert-OH is 1. The lowest BCUT2D eigenvalue weighted by molar-refractivity contribution is 0.0502. The molecule has 8 nitrogen and oxygen atoms in total. The number of rotatable bonds is 6. The van der Waals surface area contributed by atoms with Gasteiger partial charge in [0.25, 0.3) is 0 Å². The van der Waals surface area contributed by atoms with Gasteiger partial charge in [-0.2, -0.15) is 0 Å². The van der Waals surface area contributed by atoms with Gasteiger partial charge in [-0.1, -0.05) is 36.3 Å². The van der Waals surface area contributed by atoms with Crippen LogP contribution in [-0.4, -0.2) is 66.6 Å².